The molecule has 2 heterocycles. The van der Waals surface area contributed by atoms with E-state index in [0.29, 0.717) is 28.6 Å². The van der Waals surface area contributed by atoms with Crippen molar-refractivity contribution in [3.63, 3.8) is 0 Å². The average molecular weight is 424 g/mol. The molecule has 0 saturated carbocycles. The molecule has 0 atom stereocenters. The van der Waals surface area contributed by atoms with Crippen LogP contribution in [0.4, 0.5) is 17.2 Å². The van der Waals surface area contributed by atoms with Crippen LogP contribution in [0.3, 0.4) is 0 Å². The van der Waals surface area contributed by atoms with Crippen molar-refractivity contribution < 1.29 is 14.3 Å². The van der Waals surface area contributed by atoms with Crippen LogP contribution in [0.15, 0.2) is 79.1 Å². The van der Waals surface area contributed by atoms with Gasteiger partial charge in [-0.1, -0.05) is 29.8 Å². The molecule has 0 bridgehead atoms. The van der Waals surface area contributed by atoms with Gasteiger partial charge in [0.1, 0.15) is 12.1 Å². The molecule has 0 radical (unpaired) electrons. The number of carbonyl (C=O) groups is 1. The first kappa shape index (κ1) is 19.6. The molecule has 158 valence electrons. The Bertz CT molecular complexity index is 1310. The topological polar surface area (TPSA) is 85.4 Å². The van der Waals surface area contributed by atoms with E-state index in [4.69, 9.17) is 9.47 Å². The second-order valence-corrected chi connectivity index (χ2v) is 7.39. The van der Waals surface area contributed by atoms with Gasteiger partial charge in [0.25, 0.3) is 5.91 Å². The van der Waals surface area contributed by atoms with Crippen LogP contribution in [-0.2, 0) is 0 Å². The van der Waals surface area contributed by atoms with Gasteiger partial charge in [-0.3, -0.25) is 4.79 Å². The average Bonchev–Trinajstić information content (AvgIpc) is 3.27. The molecule has 3 aromatic carbocycles. The summed E-state index contributed by atoms with van der Waals surface area (Å²) in [4.78, 5) is 21.4. The maximum atomic E-state index is 12.8. The summed E-state index contributed by atoms with van der Waals surface area (Å²) in [6.07, 6.45) is 1.52. The van der Waals surface area contributed by atoms with Gasteiger partial charge in [0, 0.05) is 34.6 Å². The van der Waals surface area contributed by atoms with Gasteiger partial charge in [-0.15, -0.1) is 0 Å². The number of nitrogens with one attached hydrogen (secondary N) is 2. The molecule has 2 N–H and O–H groups in total. The molecular weight excluding hydrogens is 404 g/mol. The summed E-state index contributed by atoms with van der Waals surface area (Å²) in [5, 5.41) is 6.14. The molecule has 1 aliphatic rings. The number of hydrogen-bond donors (Lipinski definition) is 2. The summed E-state index contributed by atoms with van der Waals surface area (Å²) in [5.74, 6) is 1.70. The summed E-state index contributed by atoms with van der Waals surface area (Å²) in [6.45, 7) is 2.24. The Hall–Kier alpha value is -4.39. The Labute approximate surface area is 185 Å². The fourth-order valence-electron chi connectivity index (χ4n) is 3.45. The van der Waals surface area contributed by atoms with E-state index in [2.05, 4.69) is 26.7 Å². The van der Waals surface area contributed by atoms with Crippen LogP contribution in [0.5, 0.6) is 11.5 Å². The molecule has 0 spiro atoms. The van der Waals surface area contributed by atoms with Crippen molar-refractivity contribution in [2.45, 2.75) is 6.92 Å². The molecule has 0 fully saturated rings. The lowest BCUT2D eigenvalue weighted by atomic mass is 10.1. The zero-order valence-electron chi connectivity index (χ0n) is 17.3. The Kier molecular flexibility index (Phi) is 5.13. The molecule has 0 saturated heterocycles. The molecule has 1 amide bonds. The third-order valence-corrected chi connectivity index (χ3v) is 5.01. The number of amides is 1. The van der Waals surface area contributed by atoms with E-state index >= 15 is 0 Å². The van der Waals surface area contributed by atoms with Crippen molar-refractivity contribution >= 4 is 23.1 Å². The third-order valence-electron chi connectivity index (χ3n) is 5.01. The van der Waals surface area contributed by atoms with Crippen LogP contribution < -0.4 is 20.1 Å². The Morgan fingerprint density at radius 1 is 0.875 bits per heavy atom. The number of fused-ring (bicyclic) bond motifs is 1. The number of ether oxygens (including phenoxy) is 2. The third kappa shape index (κ3) is 4.22. The molecule has 4 aromatic rings. The maximum absolute atomic E-state index is 12.8. The first-order valence-electron chi connectivity index (χ1n) is 10.1. The first-order chi connectivity index (χ1) is 15.6. The Balaban J connectivity index is 1.32. The van der Waals surface area contributed by atoms with Gasteiger partial charge in [-0.05, 0) is 43.3 Å². The van der Waals surface area contributed by atoms with E-state index in [-0.39, 0.29) is 12.7 Å². The van der Waals surface area contributed by atoms with Gasteiger partial charge >= 0.3 is 0 Å². The van der Waals surface area contributed by atoms with E-state index in [0.717, 1.165) is 22.5 Å². The van der Waals surface area contributed by atoms with E-state index in [9.17, 15) is 4.79 Å². The number of aromatic nitrogens is 2. The highest BCUT2D eigenvalue weighted by Gasteiger charge is 2.15. The summed E-state index contributed by atoms with van der Waals surface area (Å²) in [5.41, 5.74) is 4.90. The number of aryl methyl sites for hydroxylation is 1. The molecule has 0 unspecified atom stereocenters. The maximum Gasteiger partial charge on any atom is 0.255 e. The summed E-state index contributed by atoms with van der Waals surface area (Å²) >= 11 is 0. The van der Waals surface area contributed by atoms with Crippen LogP contribution in [0.1, 0.15) is 15.9 Å². The molecule has 1 aliphatic heterocycles. The minimum absolute atomic E-state index is 0.190. The van der Waals surface area contributed by atoms with Gasteiger partial charge in [0.15, 0.2) is 11.5 Å². The van der Waals surface area contributed by atoms with E-state index < -0.39 is 0 Å². The van der Waals surface area contributed by atoms with Crippen molar-refractivity contribution in [3.05, 3.63) is 90.3 Å². The predicted octanol–water partition coefficient (Wildman–Crippen LogP) is 5.18. The van der Waals surface area contributed by atoms with Gasteiger partial charge in [-0.2, -0.15) is 0 Å². The number of rotatable bonds is 5. The molecule has 0 aliphatic carbocycles. The zero-order chi connectivity index (χ0) is 21.9. The van der Waals surface area contributed by atoms with Crippen molar-refractivity contribution in [2.75, 3.05) is 17.4 Å². The van der Waals surface area contributed by atoms with Gasteiger partial charge < -0.3 is 20.1 Å². The Morgan fingerprint density at radius 3 is 2.66 bits per heavy atom. The number of nitrogens with zero attached hydrogens (tertiary/aromatic N) is 2. The largest absolute Gasteiger partial charge is 0.454 e. The lowest BCUT2D eigenvalue weighted by molar-refractivity contribution is 0.102. The summed E-state index contributed by atoms with van der Waals surface area (Å²) in [6, 6.07) is 22.6. The fourth-order valence-corrected chi connectivity index (χ4v) is 3.45. The smallest absolute Gasteiger partial charge is 0.255 e. The van der Waals surface area contributed by atoms with Crippen LogP contribution in [-0.4, -0.2) is 22.7 Å². The van der Waals surface area contributed by atoms with Gasteiger partial charge in [0.05, 0.1) is 5.69 Å². The number of hydrogen-bond acceptors (Lipinski definition) is 6. The molecular formula is C25H20N4O3. The summed E-state index contributed by atoms with van der Waals surface area (Å²) < 4.78 is 10.7. The number of carbonyl (C=O) groups excluding carboxylic acids is 1. The molecule has 7 heteroatoms. The van der Waals surface area contributed by atoms with Crippen molar-refractivity contribution in [2.24, 2.45) is 0 Å². The lowest BCUT2D eigenvalue weighted by Crippen LogP contribution is -2.12. The molecule has 32 heavy (non-hydrogen) atoms. The quantitative estimate of drug-likeness (QED) is 0.459. The first-order valence-corrected chi connectivity index (χ1v) is 10.1. The van der Waals surface area contributed by atoms with Crippen molar-refractivity contribution in [1.82, 2.24) is 9.97 Å². The minimum Gasteiger partial charge on any atom is -0.454 e. The van der Waals surface area contributed by atoms with Crippen LogP contribution in [0, 0.1) is 6.92 Å². The van der Waals surface area contributed by atoms with E-state index in [1.165, 1.54) is 6.33 Å². The van der Waals surface area contributed by atoms with Crippen molar-refractivity contribution in [3.8, 4) is 22.8 Å². The molecule has 5 rings (SSSR count). The van der Waals surface area contributed by atoms with E-state index in [1.54, 1.807) is 30.3 Å². The Morgan fingerprint density at radius 2 is 1.75 bits per heavy atom. The van der Waals surface area contributed by atoms with E-state index in [1.807, 2.05) is 43.3 Å². The molecule has 1 aromatic heterocycles. The van der Waals surface area contributed by atoms with Crippen molar-refractivity contribution in [1.29, 1.82) is 0 Å². The highest BCUT2D eigenvalue weighted by molar-refractivity contribution is 6.05. The molecule has 7 nitrogen and oxygen atoms in total. The number of anilines is 3. The van der Waals surface area contributed by atoms with Gasteiger partial charge in [0.2, 0.25) is 6.79 Å². The summed E-state index contributed by atoms with van der Waals surface area (Å²) in [7, 11) is 0. The highest BCUT2D eigenvalue weighted by atomic mass is 16.7. The highest BCUT2D eigenvalue weighted by Crippen LogP contribution is 2.34. The second kappa shape index (κ2) is 8.39. The normalized spacial score (nSPS) is 11.8. The zero-order valence-corrected chi connectivity index (χ0v) is 17.3. The second-order valence-electron chi connectivity index (χ2n) is 7.39. The minimum atomic E-state index is -0.226. The van der Waals surface area contributed by atoms with Crippen LogP contribution in [0.2, 0.25) is 0 Å². The van der Waals surface area contributed by atoms with Crippen LogP contribution >= 0.6 is 0 Å². The SMILES string of the molecule is Cc1cccc(-c2cc(Nc3cccc(C(=O)Nc4ccc5c(c4)OCO5)c3)ncn2)c1. The lowest BCUT2D eigenvalue weighted by Gasteiger charge is -2.10. The number of benzene rings is 3. The predicted molar refractivity (Wildman–Crippen MR) is 122 cm³/mol. The monoisotopic (exact) mass is 424 g/mol. The standard InChI is InChI=1S/C25H20N4O3/c1-16-4-2-5-17(10-16)21-13-24(27-14-26-21)28-19-7-3-6-18(11-19)25(30)29-20-8-9-22-23(12-20)32-15-31-22/h2-14H,15H2,1H3,(H,29,30)(H,26,27,28). The fraction of sp³-hybridized carbons (Fsp3) is 0.0800. The van der Waals surface area contributed by atoms with Gasteiger partial charge in [-0.25, -0.2) is 9.97 Å². The van der Waals surface area contributed by atoms with Crippen LogP contribution in [0.25, 0.3) is 11.3 Å².